The fourth-order valence-corrected chi connectivity index (χ4v) is 2.61. The number of carbonyl (C=O) groups is 1. The summed E-state index contributed by atoms with van der Waals surface area (Å²) >= 11 is 0. The highest BCUT2D eigenvalue weighted by molar-refractivity contribution is 6.01. The van der Waals surface area contributed by atoms with Gasteiger partial charge in [-0.05, 0) is 25.8 Å². The van der Waals surface area contributed by atoms with Crippen molar-refractivity contribution in [1.82, 2.24) is 4.90 Å². The molecule has 1 heterocycles. The summed E-state index contributed by atoms with van der Waals surface area (Å²) in [6.45, 7) is 2.27. The van der Waals surface area contributed by atoms with Gasteiger partial charge in [0.15, 0.2) is 5.56 Å². The molecule has 2 rings (SSSR count). The monoisotopic (exact) mass is 294 g/mol. The van der Waals surface area contributed by atoms with Crippen molar-refractivity contribution in [3.8, 4) is 5.75 Å². The molecule has 1 aliphatic heterocycles. The first-order valence-corrected chi connectivity index (χ1v) is 6.69. The molecule has 1 aromatic rings. The first-order valence-electron chi connectivity index (χ1n) is 6.69. The van der Waals surface area contributed by atoms with Gasteiger partial charge in [0.2, 0.25) is 0 Å². The molecule has 21 heavy (non-hydrogen) atoms. The minimum atomic E-state index is -0.968. The van der Waals surface area contributed by atoms with Crippen molar-refractivity contribution in [2.24, 2.45) is 0 Å². The number of nitro groups is 1. The van der Waals surface area contributed by atoms with E-state index in [-0.39, 0.29) is 23.5 Å². The highest BCUT2D eigenvalue weighted by Gasteiger charge is 2.35. The van der Waals surface area contributed by atoms with E-state index in [1.807, 2.05) is 0 Å². The maximum atomic E-state index is 12.6. The lowest BCUT2D eigenvalue weighted by atomic mass is 9.94. The topological polar surface area (TPSA) is 92.9 Å². The summed E-state index contributed by atoms with van der Waals surface area (Å²) in [6.07, 6.45) is 1.26. The number of hydrogen-bond donors (Lipinski definition) is 1. The van der Waals surface area contributed by atoms with E-state index in [9.17, 15) is 20.0 Å². The number of carbonyl (C=O) groups excluding carboxylic acids is 1. The van der Waals surface area contributed by atoms with Crippen LogP contribution in [0.15, 0.2) is 18.2 Å². The average Bonchev–Trinajstić information content (AvgIpc) is 2.44. The zero-order valence-electron chi connectivity index (χ0n) is 12.0. The predicted molar refractivity (Wildman–Crippen MR) is 75.4 cm³/mol. The van der Waals surface area contributed by atoms with Crippen molar-refractivity contribution >= 4 is 11.6 Å². The minimum Gasteiger partial charge on any atom is -0.496 e. The van der Waals surface area contributed by atoms with Gasteiger partial charge >= 0.3 is 0 Å². The van der Waals surface area contributed by atoms with Crippen LogP contribution in [0.5, 0.6) is 5.75 Å². The molecular formula is C14H18N2O5. The molecule has 0 saturated carbocycles. The number of benzene rings is 1. The van der Waals surface area contributed by atoms with E-state index in [2.05, 4.69) is 0 Å². The molecule has 7 heteroatoms. The molecule has 1 amide bonds. The van der Waals surface area contributed by atoms with E-state index in [4.69, 9.17) is 4.74 Å². The fraction of sp³-hybridized carbons (Fsp3) is 0.500. The molecule has 1 aliphatic rings. The van der Waals surface area contributed by atoms with Crippen molar-refractivity contribution in [3.05, 3.63) is 33.9 Å². The number of methoxy groups -OCH3 is 1. The van der Waals surface area contributed by atoms with Crippen LogP contribution >= 0.6 is 0 Å². The Hall–Kier alpha value is -2.15. The van der Waals surface area contributed by atoms with Crippen LogP contribution in [-0.2, 0) is 0 Å². The van der Waals surface area contributed by atoms with Crippen LogP contribution in [0.3, 0.4) is 0 Å². The third-order valence-corrected chi connectivity index (χ3v) is 3.60. The Kier molecular flexibility index (Phi) is 4.13. The molecule has 1 aromatic carbocycles. The summed E-state index contributed by atoms with van der Waals surface area (Å²) in [7, 11) is 1.36. The molecular weight excluding hydrogens is 276 g/mol. The molecule has 1 saturated heterocycles. The SMILES string of the molecule is COc1cccc([N+](=O)[O-])c1C(=O)N1CCCC(C)(O)C1. The number of ether oxygens (including phenoxy) is 1. The molecule has 0 aromatic heterocycles. The largest absolute Gasteiger partial charge is 0.496 e. The van der Waals surface area contributed by atoms with Crippen LogP contribution in [0, 0.1) is 10.1 Å². The molecule has 0 spiro atoms. The van der Waals surface area contributed by atoms with Crippen molar-refractivity contribution in [3.63, 3.8) is 0 Å². The number of aliphatic hydroxyl groups is 1. The highest BCUT2D eigenvalue weighted by Crippen LogP contribution is 2.31. The lowest BCUT2D eigenvalue weighted by Gasteiger charge is -2.36. The van der Waals surface area contributed by atoms with Gasteiger partial charge in [-0.15, -0.1) is 0 Å². The fourth-order valence-electron chi connectivity index (χ4n) is 2.61. The quantitative estimate of drug-likeness (QED) is 0.675. The van der Waals surface area contributed by atoms with E-state index < -0.39 is 16.4 Å². The molecule has 114 valence electrons. The summed E-state index contributed by atoms with van der Waals surface area (Å²) in [5, 5.41) is 21.2. The smallest absolute Gasteiger partial charge is 0.285 e. The van der Waals surface area contributed by atoms with E-state index in [0.717, 1.165) is 0 Å². The second-order valence-corrected chi connectivity index (χ2v) is 5.44. The van der Waals surface area contributed by atoms with Gasteiger partial charge in [0.1, 0.15) is 5.75 Å². The van der Waals surface area contributed by atoms with Crippen LogP contribution in [0.4, 0.5) is 5.69 Å². The second-order valence-electron chi connectivity index (χ2n) is 5.44. The number of nitrogens with zero attached hydrogens (tertiary/aromatic N) is 2. The lowest BCUT2D eigenvalue weighted by Crippen LogP contribution is -2.48. The van der Waals surface area contributed by atoms with Crippen LogP contribution in [0.1, 0.15) is 30.1 Å². The Balaban J connectivity index is 2.40. The Morgan fingerprint density at radius 1 is 1.52 bits per heavy atom. The minimum absolute atomic E-state index is 0.0669. The van der Waals surface area contributed by atoms with Gasteiger partial charge in [0.05, 0.1) is 17.6 Å². The van der Waals surface area contributed by atoms with Crippen molar-refractivity contribution < 1.29 is 19.6 Å². The molecule has 0 aliphatic carbocycles. The molecule has 1 fully saturated rings. The van der Waals surface area contributed by atoms with Crippen molar-refractivity contribution in [1.29, 1.82) is 0 Å². The van der Waals surface area contributed by atoms with Gasteiger partial charge in [-0.3, -0.25) is 14.9 Å². The second kappa shape index (κ2) is 5.69. The standard InChI is InChI=1S/C14H18N2O5/c1-14(18)7-4-8-15(9-14)13(17)12-10(16(19)20)5-3-6-11(12)21-2/h3,5-6,18H,4,7-9H2,1-2H3. The molecule has 7 nitrogen and oxygen atoms in total. The third kappa shape index (κ3) is 3.13. The van der Waals surface area contributed by atoms with Gasteiger partial charge in [0, 0.05) is 19.2 Å². The maximum Gasteiger partial charge on any atom is 0.285 e. The summed E-state index contributed by atoms with van der Waals surface area (Å²) < 4.78 is 5.09. The first-order chi connectivity index (χ1) is 9.85. The normalized spacial score (nSPS) is 22.0. The van der Waals surface area contributed by atoms with Gasteiger partial charge < -0.3 is 14.7 Å². The summed E-state index contributed by atoms with van der Waals surface area (Å²) in [4.78, 5) is 24.6. The number of likely N-dealkylation sites (tertiary alicyclic amines) is 1. The van der Waals surface area contributed by atoms with Crippen LogP contribution < -0.4 is 4.74 Å². The maximum absolute atomic E-state index is 12.6. The molecule has 1 unspecified atom stereocenters. The Morgan fingerprint density at radius 3 is 2.81 bits per heavy atom. The van der Waals surface area contributed by atoms with Gasteiger partial charge in [-0.1, -0.05) is 6.07 Å². The van der Waals surface area contributed by atoms with Crippen LogP contribution in [0.2, 0.25) is 0 Å². The average molecular weight is 294 g/mol. The number of nitro benzene ring substituents is 1. The van der Waals surface area contributed by atoms with Crippen LogP contribution in [-0.4, -0.2) is 46.6 Å². The van der Waals surface area contributed by atoms with Crippen molar-refractivity contribution in [2.45, 2.75) is 25.4 Å². The number of β-amino-alcohol motifs (C(OH)–C–C–N with tert-alkyl or cyclic N) is 1. The Bertz CT molecular complexity index is 570. The first kappa shape index (κ1) is 15.2. The number of piperidine rings is 1. The molecule has 1 N–H and O–H groups in total. The van der Waals surface area contributed by atoms with Gasteiger partial charge in [0.25, 0.3) is 11.6 Å². The Labute approximate surface area is 122 Å². The number of amides is 1. The third-order valence-electron chi connectivity index (χ3n) is 3.60. The zero-order valence-corrected chi connectivity index (χ0v) is 12.0. The molecule has 0 bridgehead atoms. The summed E-state index contributed by atoms with van der Waals surface area (Å²) in [5.74, 6) is -0.321. The number of rotatable bonds is 3. The van der Waals surface area contributed by atoms with Gasteiger partial charge in [-0.25, -0.2) is 0 Å². The number of hydrogen-bond acceptors (Lipinski definition) is 5. The van der Waals surface area contributed by atoms with E-state index in [0.29, 0.717) is 19.4 Å². The van der Waals surface area contributed by atoms with Crippen LogP contribution in [0.25, 0.3) is 0 Å². The lowest BCUT2D eigenvalue weighted by molar-refractivity contribution is -0.385. The molecule has 1 atom stereocenters. The van der Waals surface area contributed by atoms with Crippen molar-refractivity contribution in [2.75, 3.05) is 20.2 Å². The summed E-state index contributed by atoms with van der Waals surface area (Å²) in [5.41, 5.74) is -1.32. The van der Waals surface area contributed by atoms with E-state index in [1.54, 1.807) is 6.92 Å². The molecule has 0 radical (unpaired) electrons. The van der Waals surface area contributed by atoms with E-state index >= 15 is 0 Å². The zero-order chi connectivity index (χ0) is 15.6. The summed E-state index contributed by atoms with van der Waals surface area (Å²) in [6, 6.07) is 4.26. The van der Waals surface area contributed by atoms with E-state index in [1.165, 1.54) is 30.2 Å². The predicted octanol–water partition coefficient (Wildman–Crippen LogP) is 1.59. The highest BCUT2D eigenvalue weighted by atomic mass is 16.6. The Morgan fingerprint density at radius 2 is 2.24 bits per heavy atom. The van der Waals surface area contributed by atoms with Gasteiger partial charge in [-0.2, -0.15) is 0 Å².